The lowest BCUT2D eigenvalue weighted by Gasteiger charge is -2.31. The van der Waals surface area contributed by atoms with E-state index >= 15 is 0 Å². The molecular formula is C14H17N3O4. The highest BCUT2D eigenvalue weighted by Gasteiger charge is 2.39. The smallest absolute Gasteiger partial charge is 0.407 e. The number of ether oxygens (including phenoxy) is 1. The van der Waals surface area contributed by atoms with E-state index in [0.29, 0.717) is 0 Å². The van der Waals surface area contributed by atoms with Crippen molar-refractivity contribution in [3.63, 3.8) is 0 Å². The fraction of sp³-hybridized carbons (Fsp3) is 0.357. The minimum absolute atomic E-state index is 0.0836. The molecule has 1 aromatic rings. The van der Waals surface area contributed by atoms with Crippen LogP contribution in [-0.2, 0) is 20.9 Å². The molecule has 4 N–H and O–H groups in total. The number of imide groups is 1. The first kappa shape index (κ1) is 15.0. The zero-order valence-corrected chi connectivity index (χ0v) is 11.4. The van der Waals surface area contributed by atoms with Crippen molar-refractivity contribution in [3.05, 3.63) is 35.9 Å². The van der Waals surface area contributed by atoms with E-state index in [2.05, 4.69) is 10.6 Å². The molecule has 3 amide bonds. The highest BCUT2D eigenvalue weighted by atomic mass is 16.5. The number of alkyl carbamates (subject to hydrolysis) is 1. The van der Waals surface area contributed by atoms with Gasteiger partial charge in [-0.15, -0.1) is 0 Å². The van der Waals surface area contributed by atoms with Gasteiger partial charge in [0.1, 0.15) is 12.1 Å². The summed E-state index contributed by atoms with van der Waals surface area (Å²) in [6.07, 6.45) is -0.312. The number of benzene rings is 1. The zero-order valence-electron chi connectivity index (χ0n) is 11.4. The first-order chi connectivity index (χ1) is 9.99. The molecule has 1 unspecified atom stereocenters. The van der Waals surface area contributed by atoms with E-state index in [0.717, 1.165) is 5.56 Å². The maximum Gasteiger partial charge on any atom is 0.407 e. The number of hydrogen-bond acceptors (Lipinski definition) is 5. The van der Waals surface area contributed by atoms with E-state index in [4.69, 9.17) is 10.5 Å². The molecule has 0 aliphatic carbocycles. The lowest BCUT2D eigenvalue weighted by molar-refractivity contribution is -0.137. The molecular weight excluding hydrogens is 274 g/mol. The largest absolute Gasteiger partial charge is 0.445 e. The minimum Gasteiger partial charge on any atom is -0.445 e. The fourth-order valence-corrected chi connectivity index (χ4v) is 1.94. The summed E-state index contributed by atoms with van der Waals surface area (Å²) in [6.45, 7) is 0.0503. The topological polar surface area (TPSA) is 111 Å². The number of carbonyl (C=O) groups excluding carboxylic acids is 3. The van der Waals surface area contributed by atoms with Gasteiger partial charge in [0.25, 0.3) is 0 Å². The molecule has 1 saturated heterocycles. The SMILES string of the molecule is NC1(CNC(=O)OCc2ccccc2)CCC(=O)NC1=O. The average Bonchev–Trinajstić information content (AvgIpc) is 2.49. The number of rotatable bonds is 4. The first-order valence-corrected chi connectivity index (χ1v) is 6.57. The molecule has 1 aromatic carbocycles. The molecule has 1 heterocycles. The summed E-state index contributed by atoms with van der Waals surface area (Å²) in [5.41, 5.74) is 5.47. The highest BCUT2D eigenvalue weighted by Crippen LogP contribution is 2.14. The predicted octanol–water partition coefficient (Wildman–Crippen LogP) is 0.0469. The number of piperidine rings is 1. The summed E-state index contributed by atoms with van der Waals surface area (Å²) in [6, 6.07) is 9.21. The second-order valence-electron chi connectivity index (χ2n) is 4.95. The molecule has 2 rings (SSSR count). The Balaban J connectivity index is 1.78. The summed E-state index contributed by atoms with van der Waals surface area (Å²) in [5.74, 6) is -0.935. The van der Waals surface area contributed by atoms with Crippen LogP contribution in [0.1, 0.15) is 18.4 Å². The second kappa shape index (κ2) is 6.36. The van der Waals surface area contributed by atoms with Gasteiger partial charge in [0, 0.05) is 13.0 Å². The molecule has 21 heavy (non-hydrogen) atoms. The summed E-state index contributed by atoms with van der Waals surface area (Å²) in [7, 11) is 0. The maximum absolute atomic E-state index is 11.7. The summed E-state index contributed by atoms with van der Waals surface area (Å²) < 4.78 is 5.02. The van der Waals surface area contributed by atoms with Gasteiger partial charge in [-0.2, -0.15) is 0 Å². The Morgan fingerprint density at radius 2 is 2.05 bits per heavy atom. The average molecular weight is 291 g/mol. The van der Waals surface area contributed by atoms with Crippen LogP contribution in [0.2, 0.25) is 0 Å². The Morgan fingerprint density at radius 3 is 2.71 bits per heavy atom. The number of hydrogen-bond donors (Lipinski definition) is 3. The molecule has 7 nitrogen and oxygen atoms in total. The van der Waals surface area contributed by atoms with Gasteiger partial charge >= 0.3 is 6.09 Å². The van der Waals surface area contributed by atoms with Gasteiger partial charge in [0.15, 0.2) is 0 Å². The molecule has 0 bridgehead atoms. The van der Waals surface area contributed by atoms with E-state index in [1.807, 2.05) is 30.3 Å². The van der Waals surface area contributed by atoms with Crippen molar-refractivity contribution < 1.29 is 19.1 Å². The van der Waals surface area contributed by atoms with Crippen molar-refractivity contribution in [3.8, 4) is 0 Å². The minimum atomic E-state index is -1.28. The molecule has 0 spiro atoms. The molecule has 1 atom stereocenters. The van der Waals surface area contributed by atoms with Gasteiger partial charge in [-0.1, -0.05) is 30.3 Å². The number of nitrogens with one attached hydrogen (secondary N) is 2. The third-order valence-electron chi connectivity index (χ3n) is 3.26. The fourth-order valence-electron chi connectivity index (χ4n) is 1.94. The maximum atomic E-state index is 11.7. The summed E-state index contributed by atoms with van der Waals surface area (Å²) in [5, 5.41) is 4.61. The van der Waals surface area contributed by atoms with Crippen LogP contribution in [0.25, 0.3) is 0 Å². The van der Waals surface area contributed by atoms with Gasteiger partial charge in [0.05, 0.1) is 0 Å². The normalized spacial score (nSPS) is 21.6. The van der Waals surface area contributed by atoms with Crippen molar-refractivity contribution in [2.45, 2.75) is 25.0 Å². The van der Waals surface area contributed by atoms with Crippen molar-refractivity contribution >= 4 is 17.9 Å². The lowest BCUT2D eigenvalue weighted by Crippen LogP contribution is -2.64. The Morgan fingerprint density at radius 1 is 1.33 bits per heavy atom. The van der Waals surface area contributed by atoms with Crippen LogP contribution in [0, 0.1) is 0 Å². The van der Waals surface area contributed by atoms with Crippen LogP contribution < -0.4 is 16.4 Å². The number of carbonyl (C=O) groups is 3. The molecule has 1 fully saturated rings. The van der Waals surface area contributed by atoms with E-state index < -0.39 is 17.5 Å². The Kier molecular flexibility index (Phi) is 4.54. The Bertz CT molecular complexity index is 546. The zero-order chi connectivity index (χ0) is 15.3. The monoisotopic (exact) mass is 291 g/mol. The van der Waals surface area contributed by atoms with Crippen molar-refractivity contribution in [1.82, 2.24) is 10.6 Å². The van der Waals surface area contributed by atoms with Gasteiger partial charge in [-0.3, -0.25) is 14.9 Å². The summed E-state index contributed by atoms with van der Waals surface area (Å²) >= 11 is 0. The van der Waals surface area contributed by atoms with Crippen LogP contribution in [0.5, 0.6) is 0 Å². The molecule has 0 saturated carbocycles. The van der Waals surface area contributed by atoms with Crippen LogP contribution >= 0.6 is 0 Å². The van der Waals surface area contributed by atoms with Crippen LogP contribution in [0.4, 0.5) is 4.79 Å². The van der Waals surface area contributed by atoms with Crippen molar-refractivity contribution in [1.29, 1.82) is 0 Å². The van der Waals surface area contributed by atoms with Crippen molar-refractivity contribution in [2.75, 3.05) is 6.54 Å². The molecule has 7 heteroatoms. The van der Waals surface area contributed by atoms with E-state index in [9.17, 15) is 14.4 Å². The van der Waals surface area contributed by atoms with Crippen LogP contribution in [-0.4, -0.2) is 30.0 Å². The van der Waals surface area contributed by atoms with Gasteiger partial charge in [-0.25, -0.2) is 4.79 Å². The third-order valence-corrected chi connectivity index (χ3v) is 3.26. The quantitative estimate of drug-likeness (QED) is 0.679. The van der Waals surface area contributed by atoms with Crippen LogP contribution in [0.15, 0.2) is 30.3 Å². The van der Waals surface area contributed by atoms with Crippen LogP contribution in [0.3, 0.4) is 0 Å². The number of nitrogens with two attached hydrogens (primary N) is 1. The Hall–Kier alpha value is -2.41. The highest BCUT2D eigenvalue weighted by molar-refractivity contribution is 6.02. The van der Waals surface area contributed by atoms with Gasteiger partial charge in [-0.05, 0) is 12.0 Å². The Labute approximate surface area is 121 Å². The van der Waals surface area contributed by atoms with E-state index in [-0.39, 0.29) is 31.9 Å². The van der Waals surface area contributed by atoms with Crippen molar-refractivity contribution in [2.24, 2.45) is 5.73 Å². The lowest BCUT2D eigenvalue weighted by atomic mass is 9.90. The van der Waals surface area contributed by atoms with E-state index in [1.165, 1.54) is 0 Å². The van der Waals surface area contributed by atoms with Gasteiger partial charge < -0.3 is 15.8 Å². The molecule has 0 aromatic heterocycles. The van der Waals surface area contributed by atoms with Gasteiger partial charge in [0.2, 0.25) is 11.8 Å². The molecule has 1 aliphatic rings. The second-order valence-corrected chi connectivity index (χ2v) is 4.95. The predicted molar refractivity (Wildman–Crippen MR) is 73.9 cm³/mol. The standard InChI is InChI=1S/C14H17N3O4/c15-14(7-6-11(18)17-12(14)19)9-16-13(20)21-8-10-4-2-1-3-5-10/h1-5H,6-9,15H2,(H,16,20)(H,17,18,19). The third kappa shape index (κ3) is 4.03. The van der Waals surface area contributed by atoms with E-state index in [1.54, 1.807) is 0 Å². The molecule has 1 aliphatic heterocycles. The molecule has 112 valence electrons. The number of amides is 3. The first-order valence-electron chi connectivity index (χ1n) is 6.57. The molecule has 0 radical (unpaired) electrons. The summed E-state index contributed by atoms with van der Waals surface area (Å²) in [4.78, 5) is 34.3.